The Hall–Kier alpha value is -3.38. The van der Waals surface area contributed by atoms with Gasteiger partial charge in [0.05, 0.1) is 25.5 Å². The second-order valence-electron chi connectivity index (χ2n) is 5.92. The number of hydrogen-bond acceptors (Lipinski definition) is 5. The molecule has 0 aliphatic carbocycles. The van der Waals surface area contributed by atoms with Crippen LogP contribution < -0.4 is 14.3 Å². The predicted molar refractivity (Wildman–Crippen MR) is 112 cm³/mol. The van der Waals surface area contributed by atoms with E-state index < -0.39 is 0 Å². The van der Waals surface area contributed by atoms with Crippen LogP contribution in [0.1, 0.15) is 0 Å². The van der Waals surface area contributed by atoms with E-state index in [1.165, 1.54) is 11.5 Å². The number of ether oxygens (including phenoxy) is 2. The highest BCUT2D eigenvalue weighted by molar-refractivity contribution is 7.04. The highest BCUT2D eigenvalue weighted by atomic mass is 32.1. The van der Waals surface area contributed by atoms with Crippen molar-refractivity contribution in [3.63, 3.8) is 0 Å². The fourth-order valence-corrected chi connectivity index (χ4v) is 3.81. The second kappa shape index (κ2) is 8.10. The zero-order valence-electron chi connectivity index (χ0n) is 15.6. The Morgan fingerprint density at radius 2 is 1.43 bits per heavy atom. The summed E-state index contributed by atoms with van der Waals surface area (Å²) in [6.07, 6.45) is 0. The standard InChI is InChI=1S/C22H19N3O2S/c1-26-19-14-8-6-12-17(19)21-24-22(23-16-10-4-3-5-11-16)28-25(21)18-13-7-9-15-20(18)27-2/h3-15H,1-2H3/b23-22-. The predicted octanol–water partition coefficient (Wildman–Crippen LogP) is 4.85. The zero-order valence-corrected chi connectivity index (χ0v) is 16.4. The Kier molecular flexibility index (Phi) is 5.21. The summed E-state index contributed by atoms with van der Waals surface area (Å²) in [5.74, 6) is 2.27. The molecule has 0 atom stereocenters. The smallest absolute Gasteiger partial charge is 0.228 e. The first-order valence-electron chi connectivity index (χ1n) is 8.77. The van der Waals surface area contributed by atoms with E-state index >= 15 is 0 Å². The molecule has 140 valence electrons. The van der Waals surface area contributed by atoms with Crippen LogP contribution in [0.25, 0.3) is 17.1 Å². The summed E-state index contributed by atoms with van der Waals surface area (Å²) in [7, 11) is 3.33. The Bertz CT molecular complexity index is 1080. The number of methoxy groups -OCH3 is 2. The van der Waals surface area contributed by atoms with Crippen molar-refractivity contribution in [2.45, 2.75) is 0 Å². The fraction of sp³-hybridized carbons (Fsp3) is 0.0909. The molecule has 0 saturated carbocycles. The van der Waals surface area contributed by atoms with Gasteiger partial charge in [0.2, 0.25) is 4.80 Å². The minimum atomic E-state index is 0.651. The van der Waals surface area contributed by atoms with Crippen LogP contribution in [0.3, 0.4) is 0 Å². The molecule has 0 fully saturated rings. The molecule has 4 rings (SSSR count). The minimum absolute atomic E-state index is 0.651. The van der Waals surface area contributed by atoms with Crippen LogP contribution in [0.5, 0.6) is 11.5 Å². The van der Waals surface area contributed by atoms with Gasteiger partial charge >= 0.3 is 0 Å². The molecule has 0 bridgehead atoms. The summed E-state index contributed by atoms with van der Waals surface area (Å²) in [6.45, 7) is 0. The number of hydrogen-bond donors (Lipinski definition) is 0. The van der Waals surface area contributed by atoms with Crippen LogP contribution in [0.4, 0.5) is 5.69 Å². The minimum Gasteiger partial charge on any atom is -0.496 e. The number of rotatable bonds is 5. The number of aromatic nitrogens is 2. The van der Waals surface area contributed by atoms with E-state index in [1.807, 2.05) is 82.8 Å². The van der Waals surface area contributed by atoms with Gasteiger partial charge in [-0.25, -0.2) is 8.95 Å². The molecule has 0 N–H and O–H groups in total. The lowest BCUT2D eigenvalue weighted by atomic mass is 10.2. The Labute approximate surface area is 167 Å². The molecule has 0 unspecified atom stereocenters. The van der Waals surface area contributed by atoms with Crippen molar-refractivity contribution in [1.29, 1.82) is 0 Å². The average molecular weight is 389 g/mol. The van der Waals surface area contributed by atoms with Crippen molar-refractivity contribution < 1.29 is 9.47 Å². The molecule has 0 aliphatic rings. The lowest BCUT2D eigenvalue weighted by Crippen LogP contribution is -1.99. The number of para-hydroxylation sites is 4. The molecule has 3 aromatic carbocycles. The van der Waals surface area contributed by atoms with Crippen LogP contribution in [0.15, 0.2) is 83.9 Å². The maximum atomic E-state index is 5.57. The van der Waals surface area contributed by atoms with Gasteiger partial charge in [0.15, 0.2) is 5.82 Å². The van der Waals surface area contributed by atoms with Gasteiger partial charge in [-0.15, -0.1) is 0 Å². The third kappa shape index (κ3) is 3.54. The molecule has 28 heavy (non-hydrogen) atoms. The van der Waals surface area contributed by atoms with Crippen LogP contribution in [0.2, 0.25) is 0 Å². The lowest BCUT2D eigenvalue weighted by Gasteiger charge is -2.12. The molecule has 0 amide bonds. The van der Waals surface area contributed by atoms with Gasteiger partial charge in [-0.2, -0.15) is 4.98 Å². The van der Waals surface area contributed by atoms with E-state index in [0.717, 1.165) is 34.3 Å². The van der Waals surface area contributed by atoms with Gasteiger partial charge < -0.3 is 9.47 Å². The molecule has 1 heterocycles. The summed E-state index contributed by atoms with van der Waals surface area (Å²) in [4.78, 5) is 10.2. The summed E-state index contributed by atoms with van der Waals surface area (Å²) >= 11 is 1.45. The van der Waals surface area contributed by atoms with E-state index in [2.05, 4.69) is 4.99 Å². The molecule has 1 aromatic heterocycles. The molecule has 0 aliphatic heterocycles. The highest BCUT2D eigenvalue weighted by Gasteiger charge is 2.17. The summed E-state index contributed by atoms with van der Waals surface area (Å²) in [6, 6.07) is 25.5. The van der Waals surface area contributed by atoms with Gasteiger partial charge in [-0.1, -0.05) is 42.5 Å². The van der Waals surface area contributed by atoms with Gasteiger partial charge in [0, 0.05) is 0 Å². The van der Waals surface area contributed by atoms with Gasteiger partial charge in [-0.3, -0.25) is 0 Å². The zero-order chi connectivity index (χ0) is 19.3. The molecule has 6 heteroatoms. The molecular formula is C22H19N3O2S. The van der Waals surface area contributed by atoms with Gasteiger partial charge in [-0.05, 0) is 47.9 Å². The average Bonchev–Trinajstić information content (AvgIpc) is 3.17. The fourth-order valence-electron chi connectivity index (χ4n) is 2.90. The molecule has 0 saturated heterocycles. The SMILES string of the molecule is COc1ccccc1-c1n/c(=N/c2ccccc2)sn1-c1ccccc1OC. The van der Waals surface area contributed by atoms with Crippen LogP contribution in [0, 0.1) is 0 Å². The van der Waals surface area contributed by atoms with E-state index in [1.54, 1.807) is 14.2 Å². The Morgan fingerprint density at radius 1 is 0.786 bits per heavy atom. The Morgan fingerprint density at radius 3 is 2.18 bits per heavy atom. The first-order chi connectivity index (χ1) is 13.8. The number of nitrogens with zero attached hydrogens (tertiary/aromatic N) is 3. The molecule has 4 aromatic rings. The van der Waals surface area contributed by atoms with Crippen LogP contribution >= 0.6 is 11.5 Å². The first kappa shape index (κ1) is 18.0. The van der Waals surface area contributed by atoms with E-state index in [-0.39, 0.29) is 0 Å². The van der Waals surface area contributed by atoms with Crippen molar-refractivity contribution in [1.82, 2.24) is 8.94 Å². The number of benzene rings is 3. The molecule has 0 radical (unpaired) electrons. The molecule has 0 spiro atoms. The second-order valence-corrected chi connectivity index (χ2v) is 6.84. The lowest BCUT2D eigenvalue weighted by molar-refractivity contribution is 0.413. The largest absolute Gasteiger partial charge is 0.496 e. The summed E-state index contributed by atoms with van der Waals surface area (Å²) in [5.41, 5.74) is 2.65. The van der Waals surface area contributed by atoms with Gasteiger partial charge in [0.1, 0.15) is 17.2 Å². The van der Waals surface area contributed by atoms with Crippen molar-refractivity contribution in [3.05, 3.63) is 83.7 Å². The van der Waals surface area contributed by atoms with E-state index in [4.69, 9.17) is 14.5 Å². The van der Waals surface area contributed by atoms with Crippen molar-refractivity contribution in [3.8, 4) is 28.6 Å². The molecular weight excluding hydrogens is 370 g/mol. The van der Waals surface area contributed by atoms with E-state index in [9.17, 15) is 0 Å². The van der Waals surface area contributed by atoms with E-state index in [0.29, 0.717) is 4.80 Å². The summed E-state index contributed by atoms with van der Waals surface area (Å²) < 4.78 is 13.2. The topological polar surface area (TPSA) is 48.6 Å². The monoisotopic (exact) mass is 389 g/mol. The maximum absolute atomic E-state index is 5.57. The van der Waals surface area contributed by atoms with Gasteiger partial charge in [0.25, 0.3) is 0 Å². The maximum Gasteiger partial charge on any atom is 0.228 e. The molecule has 5 nitrogen and oxygen atoms in total. The first-order valence-corrected chi connectivity index (χ1v) is 9.54. The van der Waals surface area contributed by atoms with Crippen molar-refractivity contribution in [2.75, 3.05) is 14.2 Å². The van der Waals surface area contributed by atoms with Crippen LogP contribution in [-0.4, -0.2) is 23.2 Å². The van der Waals surface area contributed by atoms with Crippen molar-refractivity contribution >= 4 is 17.2 Å². The normalized spacial score (nSPS) is 11.4. The summed E-state index contributed by atoms with van der Waals surface area (Å²) in [5, 5.41) is 0. The van der Waals surface area contributed by atoms with Crippen LogP contribution in [-0.2, 0) is 0 Å². The Balaban J connectivity index is 1.97. The third-order valence-corrected chi connectivity index (χ3v) is 5.10. The third-order valence-electron chi connectivity index (χ3n) is 4.20. The highest BCUT2D eigenvalue weighted by Crippen LogP contribution is 2.33. The van der Waals surface area contributed by atoms with Crippen molar-refractivity contribution in [2.24, 2.45) is 4.99 Å². The quantitative estimate of drug-likeness (QED) is 0.490.